The summed E-state index contributed by atoms with van der Waals surface area (Å²) in [5.74, 6) is -1.91. The summed E-state index contributed by atoms with van der Waals surface area (Å²) in [6.07, 6.45) is -4.49. The number of hydrogen-bond donors (Lipinski definition) is 2. The minimum absolute atomic E-state index is 0.0459. The third-order valence-electron chi connectivity index (χ3n) is 2.68. The van der Waals surface area contributed by atoms with Crippen LogP contribution in [0.25, 0.3) is 0 Å². The third-order valence-corrected chi connectivity index (χ3v) is 2.68. The average molecular weight is 299 g/mol. The first-order chi connectivity index (χ1) is 9.77. The number of halogens is 4. The molecule has 0 radical (unpaired) electrons. The van der Waals surface area contributed by atoms with E-state index in [0.29, 0.717) is 0 Å². The van der Waals surface area contributed by atoms with Crippen LogP contribution in [0, 0.1) is 5.82 Å². The van der Waals surface area contributed by atoms with Gasteiger partial charge in [0.1, 0.15) is 11.6 Å². The minimum Gasteiger partial charge on any atom is -0.508 e. The normalized spacial score (nSPS) is 11.2. The predicted molar refractivity (Wildman–Crippen MR) is 67.5 cm³/mol. The molecule has 0 unspecified atom stereocenters. The van der Waals surface area contributed by atoms with Gasteiger partial charge < -0.3 is 10.4 Å². The zero-order valence-electron chi connectivity index (χ0n) is 10.4. The standard InChI is InChI=1S/C14H9F4NO2/c15-11-7-10(20)5-6-12(11)19-13(21)8-1-3-9(4-2-8)14(16,17)18/h1-7,20H,(H,19,21). The Kier molecular flexibility index (Phi) is 3.84. The number of aromatic hydroxyl groups is 1. The van der Waals surface area contributed by atoms with Crippen LogP contribution in [0.2, 0.25) is 0 Å². The van der Waals surface area contributed by atoms with Crippen LogP contribution in [0.3, 0.4) is 0 Å². The highest BCUT2D eigenvalue weighted by Gasteiger charge is 2.30. The summed E-state index contributed by atoms with van der Waals surface area (Å²) in [5, 5.41) is 11.2. The van der Waals surface area contributed by atoms with E-state index in [2.05, 4.69) is 5.32 Å². The molecule has 21 heavy (non-hydrogen) atoms. The Balaban J connectivity index is 2.17. The molecule has 0 heterocycles. The van der Waals surface area contributed by atoms with E-state index in [1.54, 1.807) is 0 Å². The van der Waals surface area contributed by atoms with Crippen molar-refractivity contribution >= 4 is 11.6 Å². The average Bonchev–Trinajstić information content (AvgIpc) is 2.41. The molecule has 0 bridgehead atoms. The zero-order chi connectivity index (χ0) is 15.6. The molecular formula is C14H9F4NO2. The second-order valence-corrected chi connectivity index (χ2v) is 4.19. The topological polar surface area (TPSA) is 49.3 Å². The van der Waals surface area contributed by atoms with Gasteiger partial charge in [0.15, 0.2) is 0 Å². The van der Waals surface area contributed by atoms with Gasteiger partial charge in [-0.1, -0.05) is 0 Å². The van der Waals surface area contributed by atoms with Crippen LogP contribution in [0.4, 0.5) is 23.2 Å². The van der Waals surface area contributed by atoms with Gasteiger partial charge in [0.25, 0.3) is 5.91 Å². The van der Waals surface area contributed by atoms with Crippen molar-refractivity contribution in [2.24, 2.45) is 0 Å². The SMILES string of the molecule is O=C(Nc1ccc(O)cc1F)c1ccc(C(F)(F)F)cc1. The number of phenols is 1. The fourth-order valence-electron chi connectivity index (χ4n) is 1.61. The summed E-state index contributed by atoms with van der Waals surface area (Å²) in [6.45, 7) is 0. The highest BCUT2D eigenvalue weighted by molar-refractivity contribution is 6.04. The van der Waals surface area contributed by atoms with E-state index in [0.717, 1.165) is 36.4 Å². The van der Waals surface area contributed by atoms with Gasteiger partial charge in [-0.05, 0) is 36.4 Å². The highest BCUT2D eigenvalue weighted by Crippen LogP contribution is 2.29. The lowest BCUT2D eigenvalue weighted by Crippen LogP contribution is -2.13. The van der Waals surface area contributed by atoms with E-state index >= 15 is 0 Å². The molecule has 0 fully saturated rings. The van der Waals surface area contributed by atoms with Gasteiger partial charge in [-0.3, -0.25) is 4.79 Å². The summed E-state index contributed by atoms with van der Waals surface area (Å²) < 4.78 is 50.6. The van der Waals surface area contributed by atoms with Gasteiger partial charge in [-0.25, -0.2) is 4.39 Å². The molecule has 0 aliphatic rings. The maximum Gasteiger partial charge on any atom is 0.416 e. The smallest absolute Gasteiger partial charge is 0.416 e. The fourth-order valence-corrected chi connectivity index (χ4v) is 1.61. The van der Waals surface area contributed by atoms with E-state index in [9.17, 15) is 22.4 Å². The number of benzene rings is 2. The van der Waals surface area contributed by atoms with Crippen molar-refractivity contribution < 1.29 is 27.5 Å². The van der Waals surface area contributed by atoms with Crippen LogP contribution in [0.5, 0.6) is 5.75 Å². The van der Waals surface area contributed by atoms with Crippen molar-refractivity contribution in [3.05, 3.63) is 59.4 Å². The molecule has 2 N–H and O–H groups in total. The molecule has 2 aromatic rings. The molecule has 7 heteroatoms. The molecule has 0 aromatic heterocycles. The number of hydrogen-bond acceptors (Lipinski definition) is 2. The van der Waals surface area contributed by atoms with Crippen molar-refractivity contribution in [1.82, 2.24) is 0 Å². The second-order valence-electron chi connectivity index (χ2n) is 4.19. The van der Waals surface area contributed by atoms with Crippen LogP contribution in [-0.4, -0.2) is 11.0 Å². The molecule has 2 aromatic carbocycles. The van der Waals surface area contributed by atoms with Crippen molar-refractivity contribution in [2.45, 2.75) is 6.18 Å². The number of carbonyl (C=O) groups is 1. The van der Waals surface area contributed by atoms with Gasteiger partial charge in [0, 0.05) is 11.6 Å². The van der Waals surface area contributed by atoms with Crippen LogP contribution >= 0.6 is 0 Å². The van der Waals surface area contributed by atoms with E-state index in [1.165, 1.54) is 6.07 Å². The number of phenolic OH excluding ortho intramolecular Hbond substituents is 1. The number of amides is 1. The van der Waals surface area contributed by atoms with Crippen molar-refractivity contribution in [3.63, 3.8) is 0 Å². The first kappa shape index (κ1) is 14.8. The number of alkyl halides is 3. The van der Waals surface area contributed by atoms with Crippen molar-refractivity contribution in [1.29, 1.82) is 0 Å². The molecule has 0 aliphatic heterocycles. The van der Waals surface area contributed by atoms with Crippen LogP contribution in [0.15, 0.2) is 42.5 Å². The quantitative estimate of drug-likeness (QED) is 0.654. The Morgan fingerprint density at radius 2 is 1.67 bits per heavy atom. The van der Waals surface area contributed by atoms with Crippen LogP contribution < -0.4 is 5.32 Å². The van der Waals surface area contributed by atoms with E-state index in [1.807, 2.05) is 0 Å². The Bertz CT molecular complexity index is 666. The van der Waals surface area contributed by atoms with Crippen LogP contribution in [-0.2, 0) is 6.18 Å². The summed E-state index contributed by atoms with van der Waals surface area (Å²) in [7, 11) is 0. The first-order valence-corrected chi connectivity index (χ1v) is 5.74. The maximum absolute atomic E-state index is 13.4. The lowest BCUT2D eigenvalue weighted by molar-refractivity contribution is -0.137. The monoisotopic (exact) mass is 299 g/mol. The van der Waals surface area contributed by atoms with E-state index in [-0.39, 0.29) is 17.0 Å². The minimum atomic E-state index is -4.49. The molecule has 0 spiro atoms. The summed E-state index contributed by atoms with van der Waals surface area (Å²) in [5.41, 5.74) is -1.11. The molecule has 0 atom stereocenters. The van der Waals surface area contributed by atoms with Gasteiger partial charge in [0.2, 0.25) is 0 Å². The van der Waals surface area contributed by atoms with E-state index in [4.69, 9.17) is 5.11 Å². The molecule has 1 amide bonds. The Labute approximate surface area is 116 Å². The van der Waals surface area contributed by atoms with Gasteiger partial charge in [0.05, 0.1) is 11.3 Å². The molecule has 110 valence electrons. The van der Waals surface area contributed by atoms with Gasteiger partial charge in [-0.15, -0.1) is 0 Å². The van der Waals surface area contributed by atoms with Crippen molar-refractivity contribution in [3.8, 4) is 5.75 Å². The van der Waals surface area contributed by atoms with Crippen molar-refractivity contribution in [2.75, 3.05) is 5.32 Å². The molecule has 2 rings (SSSR count). The summed E-state index contributed by atoms with van der Waals surface area (Å²) >= 11 is 0. The molecule has 0 saturated heterocycles. The number of anilines is 1. The lowest BCUT2D eigenvalue weighted by atomic mass is 10.1. The second kappa shape index (κ2) is 5.43. The zero-order valence-corrected chi connectivity index (χ0v) is 10.4. The van der Waals surface area contributed by atoms with Gasteiger partial charge in [-0.2, -0.15) is 13.2 Å². The highest BCUT2D eigenvalue weighted by atomic mass is 19.4. The first-order valence-electron chi connectivity index (χ1n) is 5.74. The summed E-state index contributed by atoms with van der Waals surface area (Å²) in [6, 6.07) is 6.65. The van der Waals surface area contributed by atoms with E-state index < -0.39 is 23.5 Å². The van der Waals surface area contributed by atoms with Crippen LogP contribution in [0.1, 0.15) is 15.9 Å². The van der Waals surface area contributed by atoms with Gasteiger partial charge >= 0.3 is 6.18 Å². The molecular weight excluding hydrogens is 290 g/mol. The molecule has 0 saturated carbocycles. The third kappa shape index (κ3) is 3.50. The predicted octanol–water partition coefficient (Wildman–Crippen LogP) is 3.80. The lowest BCUT2D eigenvalue weighted by Gasteiger charge is -2.09. The Morgan fingerprint density at radius 1 is 1.05 bits per heavy atom. The number of nitrogens with one attached hydrogen (secondary N) is 1. The number of carbonyl (C=O) groups excluding carboxylic acids is 1. The fraction of sp³-hybridized carbons (Fsp3) is 0.0714. The largest absolute Gasteiger partial charge is 0.508 e. The Morgan fingerprint density at radius 3 is 2.19 bits per heavy atom. The molecule has 3 nitrogen and oxygen atoms in total. The summed E-state index contributed by atoms with van der Waals surface area (Å²) in [4.78, 5) is 11.8. The Hall–Kier alpha value is -2.57. The molecule has 0 aliphatic carbocycles. The number of rotatable bonds is 2. The maximum atomic E-state index is 13.4.